The van der Waals surface area contributed by atoms with Crippen molar-refractivity contribution in [2.75, 3.05) is 40.8 Å². The minimum absolute atomic E-state index is 0.459. The summed E-state index contributed by atoms with van der Waals surface area (Å²) in [5.41, 5.74) is 3.05. The number of hydrogen-bond donors (Lipinski definition) is 1. The van der Waals surface area contributed by atoms with Gasteiger partial charge in [0.05, 0.1) is 0 Å². The highest BCUT2D eigenvalue weighted by Gasteiger charge is 2.29. The fourth-order valence-electron chi connectivity index (χ4n) is 3.41. The van der Waals surface area contributed by atoms with Crippen LogP contribution in [0, 0.1) is 0 Å². The summed E-state index contributed by atoms with van der Waals surface area (Å²) in [5, 5.41) is 3.74. The van der Waals surface area contributed by atoms with Crippen LogP contribution in [0.2, 0.25) is 0 Å². The Kier molecular flexibility index (Phi) is 6.22. The van der Waals surface area contributed by atoms with Gasteiger partial charge in [0.1, 0.15) is 0 Å². The third kappa shape index (κ3) is 4.29. The van der Waals surface area contributed by atoms with E-state index in [4.69, 9.17) is 0 Å². The van der Waals surface area contributed by atoms with Crippen LogP contribution < -0.4 is 5.32 Å². The Morgan fingerprint density at radius 2 is 1.90 bits per heavy atom. The molecule has 2 unspecified atom stereocenters. The molecule has 118 valence electrons. The number of benzene rings is 1. The van der Waals surface area contributed by atoms with Crippen molar-refractivity contribution in [1.29, 1.82) is 0 Å². The van der Waals surface area contributed by atoms with Gasteiger partial charge in [-0.3, -0.25) is 0 Å². The van der Waals surface area contributed by atoms with Crippen LogP contribution in [0.25, 0.3) is 0 Å². The average Bonchev–Trinajstić information content (AvgIpc) is 2.65. The predicted octanol–water partition coefficient (Wildman–Crippen LogP) is 2.54. The third-order valence-corrected chi connectivity index (χ3v) is 4.61. The Morgan fingerprint density at radius 1 is 1.14 bits per heavy atom. The molecule has 0 saturated carbocycles. The molecule has 0 radical (unpaired) electrons. The molecule has 1 aromatic carbocycles. The number of hydrogen-bond acceptors (Lipinski definition) is 3. The lowest BCUT2D eigenvalue weighted by Crippen LogP contribution is -2.44. The highest BCUT2D eigenvalue weighted by molar-refractivity contribution is 5.32. The van der Waals surface area contributed by atoms with Crippen LogP contribution in [-0.2, 0) is 6.42 Å². The van der Waals surface area contributed by atoms with E-state index in [1.165, 1.54) is 30.4 Å². The molecule has 0 fully saturated rings. The van der Waals surface area contributed by atoms with E-state index in [0.717, 1.165) is 19.6 Å². The van der Waals surface area contributed by atoms with Gasteiger partial charge in [-0.05, 0) is 58.1 Å². The molecular weight excluding hydrogens is 258 g/mol. The lowest BCUT2D eigenvalue weighted by Gasteiger charge is -2.35. The summed E-state index contributed by atoms with van der Waals surface area (Å²) in [6.45, 7) is 5.48. The normalized spacial score (nSPS) is 22.4. The SMILES string of the molecule is CCNC1c2ccccc2CCCC1N(C)CCN(C)C. The van der Waals surface area contributed by atoms with Crippen LogP contribution in [-0.4, -0.2) is 56.6 Å². The van der Waals surface area contributed by atoms with E-state index < -0.39 is 0 Å². The largest absolute Gasteiger partial charge is 0.309 e. The second-order valence-corrected chi connectivity index (χ2v) is 6.48. The molecule has 3 heteroatoms. The van der Waals surface area contributed by atoms with Gasteiger partial charge in [0.15, 0.2) is 0 Å². The summed E-state index contributed by atoms with van der Waals surface area (Å²) in [4.78, 5) is 4.82. The van der Waals surface area contributed by atoms with Gasteiger partial charge in [0.25, 0.3) is 0 Å². The van der Waals surface area contributed by atoms with E-state index in [1.54, 1.807) is 0 Å². The number of nitrogens with zero attached hydrogens (tertiary/aromatic N) is 2. The lowest BCUT2D eigenvalue weighted by atomic mass is 9.95. The summed E-state index contributed by atoms with van der Waals surface area (Å²) in [7, 11) is 6.59. The van der Waals surface area contributed by atoms with Crippen molar-refractivity contribution in [3.8, 4) is 0 Å². The Labute approximate surface area is 130 Å². The minimum Gasteiger partial charge on any atom is -0.309 e. The van der Waals surface area contributed by atoms with Gasteiger partial charge < -0.3 is 15.1 Å². The van der Waals surface area contributed by atoms with Crippen molar-refractivity contribution in [3.63, 3.8) is 0 Å². The molecule has 2 atom stereocenters. The Bertz CT molecular complexity index is 430. The van der Waals surface area contributed by atoms with Gasteiger partial charge >= 0.3 is 0 Å². The monoisotopic (exact) mass is 289 g/mol. The number of fused-ring (bicyclic) bond motifs is 1. The first-order chi connectivity index (χ1) is 10.1. The van der Waals surface area contributed by atoms with Crippen molar-refractivity contribution in [1.82, 2.24) is 15.1 Å². The van der Waals surface area contributed by atoms with Crippen LogP contribution in [0.4, 0.5) is 0 Å². The zero-order valence-corrected chi connectivity index (χ0v) is 14.1. The lowest BCUT2D eigenvalue weighted by molar-refractivity contribution is 0.169. The van der Waals surface area contributed by atoms with Crippen molar-refractivity contribution in [2.45, 2.75) is 38.3 Å². The van der Waals surface area contributed by atoms with E-state index in [0.29, 0.717) is 12.1 Å². The first-order valence-corrected chi connectivity index (χ1v) is 8.29. The summed E-state index contributed by atoms with van der Waals surface area (Å²) in [6.07, 6.45) is 3.78. The first kappa shape index (κ1) is 16.5. The summed E-state index contributed by atoms with van der Waals surface area (Å²) in [6, 6.07) is 10.0. The molecule has 21 heavy (non-hydrogen) atoms. The minimum atomic E-state index is 0.459. The average molecular weight is 289 g/mol. The molecule has 0 amide bonds. The highest BCUT2D eigenvalue weighted by atomic mass is 15.2. The standard InChI is InChI=1S/C18H31N3/c1-5-19-18-16-11-7-6-9-15(16)10-8-12-17(18)21(4)14-13-20(2)3/h6-7,9,11,17-19H,5,8,10,12-14H2,1-4H3. The number of aryl methyl sites for hydroxylation is 1. The van der Waals surface area contributed by atoms with Gasteiger partial charge in [-0.1, -0.05) is 31.2 Å². The van der Waals surface area contributed by atoms with Crippen LogP contribution in [0.1, 0.15) is 36.9 Å². The third-order valence-electron chi connectivity index (χ3n) is 4.61. The quantitative estimate of drug-likeness (QED) is 0.812. The first-order valence-electron chi connectivity index (χ1n) is 8.29. The van der Waals surface area contributed by atoms with Crippen LogP contribution >= 0.6 is 0 Å². The zero-order chi connectivity index (χ0) is 15.2. The fourth-order valence-corrected chi connectivity index (χ4v) is 3.41. The second kappa shape index (κ2) is 7.92. The van der Waals surface area contributed by atoms with Gasteiger partial charge in [0.2, 0.25) is 0 Å². The smallest absolute Gasteiger partial charge is 0.0480 e. The maximum Gasteiger partial charge on any atom is 0.0480 e. The molecule has 1 N–H and O–H groups in total. The van der Waals surface area contributed by atoms with Gasteiger partial charge in [-0.15, -0.1) is 0 Å². The maximum absolute atomic E-state index is 3.74. The van der Waals surface area contributed by atoms with Gasteiger partial charge in [0, 0.05) is 25.2 Å². The molecule has 0 saturated heterocycles. The van der Waals surface area contributed by atoms with Crippen molar-refractivity contribution in [3.05, 3.63) is 35.4 Å². The van der Waals surface area contributed by atoms with Crippen LogP contribution in [0.3, 0.4) is 0 Å². The van der Waals surface area contributed by atoms with E-state index in [-0.39, 0.29) is 0 Å². The number of nitrogens with one attached hydrogen (secondary N) is 1. The second-order valence-electron chi connectivity index (χ2n) is 6.48. The highest BCUT2D eigenvalue weighted by Crippen LogP contribution is 2.31. The molecular formula is C18H31N3. The molecule has 0 spiro atoms. The van der Waals surface area contributed by atoms with Crippen molar-refractivity contribution in [2.24, 2.45) is 0 Å². The Balaban J connectivity index is 2.19. The molecule has 1 aromatic rings. The van der Waals surface area contributed by atoms with E-state index in [1.807, 2.05) is 0 Å². The zero-order valence-electron chi connectivity index (χ0n) is 14.1. The van der Waals surface area contributed by atoms with E-state index >= 15 is 0 Å². The van der Waals surface area contributed by atoms with Crippen molar-refractivity contribution >= 4 is 0 Å². The van der Waals surface area contributed by atoms with E-state index in [9.17, 15) is 0 Å². The summed E-state index contributed by atoms with van der Waals surface area (Å²) in [5.74, 6) is 0. The Morgan fingerprint density at radius 3 is 2.62 bits per heavy atom. The summed E-state index contributed by atoms with van der Waals surface area (Å²) >= 11 is 0. The van der Waals surface area contributed by atoms with Gasteiger partial charge in [-0.25, -0.2) is 0 Å². The molecule has 1 aliphatic carbocycles. The maximum atomic E-state index is 3.74. The predicted molar refractivity (Wildman–Crippen MR) is 90.8 cm³/mol. The van der Waals surface area contributed by atoms with Crippen LogP contribution in [0.15, 0.2) is 24.3 Å². The van der Waals surface area contributed by atoms with Crippen LogP contribution in [0.5, 0.6) is 0 Å². The van der Waals surface area contributed by atoms with E-state index in [2.05, 4.69) is 67.4 Å². The molecule has 0 heterocycles. The number of rotatable bonds is 6. The Hall–Kier alpha value is -0.900. The van der Waals surface area contributed by atoms with Gasteiger partial charge in [-0.2, -0.15) is 0 Å². The topological polar surface area (TPSA) is 18.5 Å². The van der Waals surface area contributed by atoms with Crippen molar-refractivity contribution < 1.29 is 0 Å². The molecule has 1 aliphatic rings. The summed E-state index contributed by atoms with van der Waals surface area (Å²) < 4.78 is 0. The molecule has 3 nitrogen and oxygen atoms in total. The molecule has 0 aromatic heterocycles. The number of likely N-dealkylation sites (N-methyl/N-ethyl adjacent to an activating group) is 3. The molecule has 0 bridgehead atoms. The molecule has 0 aliphatic heterocycles. The fraction of sp³-hybridized carbons (Fsp3) is 0.667. The molecule has 2 rings (SSSR count).